The molecule has 46 heavy (non-hydrogen) atoms. The molecule has 0 aliphatic heterocycles. The molecule has 0 N–H and O–H groups in total. The summed E-state index contributed by atoms with van der Waals surface area (Å²) in [5.41, 5.74) is 4.81. The van der Waals surface area contributed by atoms with Crippen LogP contribution in [0.1, 0.15) is 19.3 Å². The quantitative estimate of drug-likeness (QED) is 0.184. The number of benzene rings is 8. The van der Waals surface area contributed by atoms with Gasteiger partial charge >= 0.3 is 0 Å². The maximum atomic E-state index is 9.69. The summed E-state index contributed by atoms with van der Waals surface area (Å²) in [6.45, 7) is 1.57. The van der Waals surface area contributed by atoms with Crippen molar-refractivity contribution in [3.05, 3.63) is 169 Å². The first-order chi connectivity index (χ1) is 26.9. The van der Waals surface area contributed by atoms with Gasteiger partial charge in [0.2, 0.25) is 0 Å². The smallest absolute Gasteiger partial charge is 0.138 e. The summed E-state index contributed by atoms with van der Waals surface area (Å²) >= 11 is 0. The molecule has 8 aromatic carbocycles. The summed E-state index contributed by atoms with van der Waals surface area (Å²) < 4.78 is 94.8. The van der Waals surface area contributed by atoms with E-state index in [0.29, 0.717) is 5.56 Å². The van der Waals surface area contributed by atoms with Crippen LogP contribution in [-0.4, -0.2) is 0 Å². The highest BCUT2D eigenvalue weighted by Crippen LogP contribution is 2.47. The van der Waals surface area contributed by atoms with Gasteiger partial charge in [-0.3, -0.25) is 0 Å². The van der Waals surface area contributed by atoms with Crippen molar-refractivity contribution in [1.82, 2.24) is 0 Å². The van der Waals surface area contributed by atoms with E-state index in [0.717, 1.165) is 43.8 Å². The minimum atomic E-state index is -0.578. The molecule has 9 aromatic rings. The Bertz CT molecular complexity index is 3060. The maximum absolute atomic E-state index is 9.69. The molecular weight excluding hydrogens is 556 g/mol. The molecule has 0 saturated carbocycles. The van der Waals surface area contributed by atoms with Crippen LogP contribution in [0.4, 0.5) is 0 Å². The highest BCUT2D eigenvalue weighted by atomic mass is 16.3. The van der Waals surface area contributed by atoms with E-state index in [2.05, 4.69) is 24.3 Å². The van der Waals surface area contributed by atoms with Crippen LogP contribution in [0.15, 0.2) is 168 Å². The molecule has 0 bridgehead atoms. The van der Waals surface area contributed by atoms with Gasteiger partial charge in [0.1, 0.15) is 11.2 Å². The Morgan fingerprint density at radius 1 is 0.435 bits per heavy atom. The van der Waals surface area contributed by atoms with Crippen molar-refractivity contribution in [3.63, 3.8) is 0 Å². The van der Waals surface area contributed by atoms with Crippen LogP contribution in [-0.2, 0) is 0 Å². The summed E-state index contributed by atoms with van der Waals surface area (Å²) in [4.78, 5) is 0. The molecule has 0 amide bonds. The standard InChI is InChI=1S/C45H30O/c1-29-33(30-14-4-2-5-15-30)26-27-41-35-25-24-32(28-42(35)46-45(29)41)43-37-20-10-12-22-39(37)44(40-23-13-11-21-38(40)43)36-19-9-8-18-34(36)31-16-6-3-7-17-31/h2-28H,1H3/i2D,4D,5D,14D,15D,24D,25D,26D,27D,28D. The summed E-state index contributed by atoms with van der Waals surface area (Å²) in [6, 6.07) is 29.9. The van der Waals surface area contributed by atoms with E-state index in [9.17, 15) is 4.11 Å². The lowest BCUT2D eigenvalue weighted by molar-refractivity contribution is 0.666. The fourth-order valence-corrected chi connectivity index (χ4v) is 6.63. The molecule has 1 heteroatoms. The molecule has 9 rings (SSSR count). The fraction of sp³-hybridized carbons (Fsp3) is 0.0222. The number of fused-ring (bicyclic) bond motifs is 5. The zero-order valence-corrected chi connectivity index (χ0v) is 24.7. The Balaban J connectivity index is 1.38. The SMILES string of the molecule is [2H]c1c([2H])c([2H])c(-c2c([2H])c([2H])c3c(oc4c([2H])c(-c5c6ccccc6c(-c6ccccc6-c6ccccc6)c6ccccc56)c([2H])c([2H])c43)c2C)c([2H])c1[2H]. The molecule has 0 unspecified atom stereocenters. The van der Waals surface area contributed by atoms with Gasteiger partial charge in [-0.2, -0.15) is 0 Å². The van der Waals surface area contributed by atoms with E-state index in [-0.39, 0.29) is 62.3 Å². The van der Waals surface area contributed by atoms with E-state index in [4.69, 9.17) is 14.0 Å². The van der Waals surface area contributed by atoms with Crippen molar-refractivity contribution in [2.75, 3.05) is 0 Å². The third kappa shape index (κ3) is 4.09. The van der Waals surface area contributed by atoms with Gasteiger partial charge in [-0.1, -0.05) is 145 Å². The normalized spacial score (nSPS) is 14.6. The summed E-state index contributed by atoms with van der Waals surface area (Å²) in [7, 11) is 0. The molecule has 216 valence electrons. The molecule has 0 aliphatic carbocycles. The lowest BCUT2D eigenvalue weighted by Gasteiger charge is -2.19. The second-order valence-electron chi connectivity index (χ2n) is 11.3. The van der Waals surface area contributed by atoms with E-state index in [1.165, 1.54) is 0 Å². The molecule has 0 radical (unpaired) electrons. The van der Waals surface area contributed by atoms with Crippen LogP contribution < -0.4 is 0 Å². The molecule has 0 fully saturated rings. The van der Waals surface area contributed by atoms with Gasteiger partial charge in [0.15, 0.2) is 0 Å². The van der Waals surface area contributed by atoms with Gasteiger partial charge in [-0.05, 0) is 91.1 Å². The van der Waals surface area contributed by atoms with E-state index < -0.39 is 42.3 Å². The van der Waals surface area contributed by atoms with Crippen molar-refractivity contribution < 1.29 is 18.1 Å². The largest absolute Gasteiger partial charge is 0.456 e. The number of hydrogen-bond acceptors (Lipinski definition) is 1. The van der Waals surface area contributed by atoms with Crippen LogP contribution in [0.25, 0.3) is 88.0 Å². The number of rotatable bonds is 4. The van der Waals surface area contributed by atoms with Crippen molar-refractivity contribution in [2.24, 2.45) is 0 Å². The molecule has 0 atom stereocenters. The summed E-state index contributed by atoms with van der Waals surface area (Å²) in [5.74, 6) is 0. The van der Waals surface area contributed by atoms with Crippen LogP contribution in [0, 0.1) is 6.92 Å². The minimum Gasteiger partial charge on any atom is -0.456 e. The Morgan fingerprint density at radius 2 is 1.02 bits per heavy atom. The van der Waals surface area contributed by atoms with Crippen LogP contribution >= 0.6 is 0 Å². The average Bonchev–Trinajstić information content (AvgIpc) is 3.64. The number of hydrogen-bond donors (Lipinski definition) is 0. The van der Waals surface area contributed by atoms with Gasteiger partial charge < -0.3 is 4.42 Å². The zero-order chi connectivity index (χ0) is 39.3. The monoisotopic (exact) mass is 596 g/mol. The highest BCUT2D eigenvalue weighted by Gasteiger charge is 2.20. The molecular formula is C45H30O. The van der Waals surface area contributed by atoms with Crippen LogP contribution in [0.5, 0.6) is 0 Å². The third-order valence-corrected chi connectivity index (χ3v) is 8.70. The summed E-state index contributed by atoms with van der Waals surface area (Å²) in [5, 5.41) is 3.43. The Labute approximate surface area is 282 Å². The predicted octanol–water partition coefficient (Wildman–Crippen LogP) is 12.9. The first-order valence-electron chi connectivity index (χ1n) is 20.1. The number of aryl methyl sites for hydroxylation is 1. The topological polar surface area (TPSA) is 13.1 Å². The Morgan fingerprint density at radius 3 is 1.72 bits per heavy atom. The second kappa shape index (κ2) is 10.6. The Hall–Kier alpha value is -5.92. The van der Waals surface area contributed by atoms with E-state index >= 15 is 0 Å². The van der Waals surface area contributed by atoms with Crippen molar-refractivity contribution in [3.8, 4) is 44.5 Å². The van der Waals surface area contributed by atoms with Crippen molar-refractivity contribution >= 4 is 43.5 Å². The molecule has 1 heterocycles. The van der Waals surface area contributed by atoms with E-state index in [1.54, 1.807) is 6.92 Å². The molecule has 1 aromatic heterocycles. The lowest BCUT2D eigenvalue weighted by atomic mass is 9.84. The van der Waals surface area contributed by atoms with Crippen molar-refractivity contribution in [2.45, 2.75) is 6.92 Å². The first kappa shape index (κ1) is 18.1. The maximum Gasteiger partial charge on any atom is 0.138 e. The first-order valence-corrected chi connectivity index (χ1v) is 15.1. The highest BCUT2D eigenvalue weighted by molar-refractivity contribution is 6.23. The fourth-order valence-electron chi connectivity index (χ4n) is 6.63. The lowest BCUT2D eigenvalue weighted by Crippen LogP contribution is -1.92. The average molecular weight is 597 g/mol. The van der Waals surface area contributed by atoms with Crippen LogP contribution in [0.2, 0.25) is 0 Å². The van der Waals surface area contributed by atoms with Gasteiger partial charge in [-0.15, -0.1) is 0 Å². The van der Waals surface area contributed by atoms with Crippen LogP contribution in [0.3, 0.4) is 0 Å². The molecule has 0 spiro atoms. The van der Waals surface area contributed by atoms with Gasteiger partial charge in [-0.25, -0.2) is 0 Å². The Kier molecular flexibility index (Phi) is 4.19. The summed E-state index contributed by atoms with van der Waals surface area (Å²) in [6.07, 6.45) is 0. The number of furan rings is 1. The third-order valence-electron chi connectivity index (χ3n) is 8.70. The predicted molar refractivity (Wildman–Crippen MR) is 195 cm³/mol. The van der Waals surface area contributed by atoms with Crippen molar-refractivity contribution in [1.29, 1.82) is 0 Å². The van der Waals surface area contributed by atoms with Gasteiger partial charge in [0.25, 0.3) is 0 Å². The van der Waals surface area contributed by atoms with E-state index in [1.807, 2.05) is 78.9 Å². The molecule has 0 saturated heterocycles. The van der Waals surface area contributed by atoms with Gasteiger partial charge in [0.05, 0.1) is 13.7 Å². The molecule has 0 aliphatic rings. The zero-order valence-electron chi connectivity index (χ0n) is 34.7. The second-order valence-corrected chi connectivity index (χ2v) is 11.3. The molecule has 1 nitrogen and oxygen atoms in total. The minimum absolute atomic E-state index is 0.0370. The van der Waals surface area contributed by atoms with Gasteiger partial charge in [0, 0.05) is 16.3 Å².